The summed E-state index contributed by atoms with van der Waals surface area (Å²) < 4.78 is 24.3. The number of anilines is 1. The number of nitrogens with two attached hydrogens (primary N) is 1. The van der Waals surface area contributed by atoms with E-state index in [0.717, 1.165) is 0 Å². The van der Waals surface area contributed by atoms with Crippen molar-refractivity contribution < 1.29 is 13.2 Å². The van der Waals surface area contributed by atoms with Gasteiger partial charge in [-0.3, -0.25) is 4.79 Å². The lowest BCUT2D eigenvalue weighted by molar-refractivity contribution is -0.119. The Labute approximate surface area is 124 Å². The largest absolute Gasteiger partial charge is 0.398 e. The molecular formula is C13H19ClN2O3S. The summed E-state index contributed by atoms with van der Waals surface area (Å²) in [6, 6.07) is 4.06. The average molecular weight is 319 g/mol. The van der Waals surface area contributed by atoms with Crippen LogP contribution in [0.5, 0.6) is 0 Å². The molecule has 20 heavy (non-hydrogen) atoms. The quantitative estimate of drug-likeness (QED) is 0.811. The van der Waals surface area contributed by atoms with Gasteiger partial charge in [0.15, 0.2) is 9.84 Å². The van der Waals surface area contributed by atoms with E-state index in [-0.39, 0.29) is 27.6 Å². The van der Waals surface area contributed by atoms with Crippen LogP contribution in [-0.4, -0.2) is 26.1 Å². The molecule has 0 spiro atoms. The van der Waals surface area contributed by atoms with Gasteiger partial charge in [0.05, 0.1) is 10.6 Å². The SMILES string of the molecule is CC(C)C(C)NC(=O)CS(=O)(=O)c1cc(Cl)ccc1N. The molecule has 0 fully saturated rings. The summed E-state index contributed by atoms with van der Waals surface area (Å²) in [5.74, 6) is -0.974. The number of carbonyl (C=O) groups is 1. The minimum Gasteiger partial charge on any atom is -0.398 e. The van der Waals surface area contributed by atoms with Crippen molar-refractivity contribution in [2.45, 2.75) is 31.7 Å². The van der Waals surface area contributed by atoms with E-state index in [1.807, 2.05) is 20.8 Å². The lowest BCUT2D eigenvalue weighted by atomic mass is 10.1. The van der Waals surface area contributed by atoms with Crippen LogP contribution in [0.4, 0.5) is 5.69 Å². The van der Waals surface area contributed by atoms with Crippen LogP contribution in [0.2, 0.25) is 5.02 Å². The van der Waals surface area contributed by atoms with Crippen molar-refractivity contribution in [3.05, 3.63) is 23.2 Å². The van der Waals surface area contributed by atoms with Gasteiger partial charge in [-0.1, -0.05) is 25.4 Å². The standard InChI is InChI=1S/C13H19ClN2O3S/c1-8(2)9(3)16-13(17)7-20(18,19)12-6-10(14)4-5-11(12)15/h4-6,8-9H,7,15H2,1-3H3,(H,16,17). The van der Waals surface area contributed by atoms with Gasteiger partial charge in [0, 0.05) is 11.1 Å². The molecule has 1 atom stereocenters. The van der Waals surface area contributed by atoms with Crippen LogP contribution in [-0.2, 0) is 14.6 Å². The maximum Gasteiger partial charge on any atom is 0.235 e. The van der Waals surface area contributed by atoms with E-state index in [4.69, 9.17) is 17.3 Å². The molecule has 0 heterocycles. The average Bonchev–Trinajstić information content (AvgIpc) is 2.31. The topological polar surface area (TPSA) is 89.3 Å². The first-order chi connectivity index (χ1) is 9.13. The van der Waals surface area contributed by atoms with E-state index in [0.29, 0.717) is 0 Å². The highest BCUT2D eigenvalue weighted by Crippen LogP contribution is 2.23. The third-order valence-electron chi connectivity index (χ3n) is 3.02. The molecule has 1 rings (SSSR count). The Morgan fingerprint density at radius 3 is 2.50 bits per heavy atom. The molecule has 5 nitrogen and oxygen atoms in total. The number of hydrogen-bond donors (Lipinski definition) is 2. The Bertz CT molecular complexity index is 600. The first-order valence-corrected chi connectivity index (χ1v) is 8.23. The first-order valence-electron chi connectivity index (χ1n) is 6.20. The normalized spacial score (nSPS) is 13.2. The molecule has 0 bridgehead atoms. The van der Waals surface area contributed by atoms with Gasteiger partial charge in [0.2, 0.25) is 5.91 Å². The summed E-state index contributed by atoms with van der Waals surface area (Å²) >= 11 is 5.76. The number of amides is 1. The third kappa shape index (κ3) is 4.38. The fourth-order valence-corrected chi connectivity index (χ4v) is 3.04. The maximum atomic E-state index is 12.2. The third-order valence-corrected chi connectivity index (χ3v) is 4.92. The Morgan fingerprint density at radius 1 is 1.35 bits per heavy atom. The number of carbonyl (C=O) groups excluding carboxylic acids is 1. The van der Waals surface area contributed by atoms with Gasteiger partial charge in [-0.2, -0.15) is 0 Å². The van der Waals surface area contributed by atoms with Crippen LogP contribution in [0.15, 0.2) is 23.1 Å². The van der Waals surface area contributed by atoms with Gasteiger partial charge >= 0.3 is 0 Å². The van der Waals surface area contributed by atoms with E-state index in [1.165, 1.54) is 18.2 Å². The van der Waals surface area contributed by atoms with Crippen molar-refractivity contribution in [2.75, 3.05) is 11.5 Å². The Morgan fingerprint density at radius 2 is 1.95 bits per heavy atom. The smallest absolute Gasteiger partial charge is 0.235 e. The Balaban J connectivity index is 2.90. The maximum absolute atomic E-state index is 12.2. The van der Waals surface area contributed by atoms with E-state index < -0.39 is 21.5 Å². The van der Waals surface area contributed by atoms with Gasteiger partial charge in [-0.05, 0) is 31.0 Å². The number of nitrogen functional groups attached to an aromatic ring is 1. The molecule has 3 N–H and O–H groups in total. The zero-order chi connectivity index (χ0) is 15.5. The van der Waals surface area contributed by atoms with E-state index in [9.17, 15) is 13.2 Å². The molecule has 1 aromatic carbocycles. The first kappa shape index (κ1) is 16.8. The van der Waals surface area contributed by atoms with E-state index in [2.05, 4.69) is 5.32 Å². The molecule has 7 heteroatoms. The number of benzene rings is 1. The van der Waals surface area contributed by atoms with Crippen LogP contribution in [0.1, 0.15) is 20.8 Å². The summed E-state index contributed by atoms with van der Waals surface area (Å²) in [4.78, 5) is 11.7. The lowest BCUT2D eigenvalue weighted by Gasteiger charge is -2.17. The van der Waals surface area contributed by atoms with Gasteiger partial charge < -0.3 is 11.1 Å². The number of hydrogen-bond acceptors (Lipinski definition) is 4. The molecule has 0 aromatic heterocycles. The van der Waals surface area contributed by atoms with Crippen LogP contribution < -0.4 is 11.1 Å². The monoisotopic (exact) mass is 318 g/mol. The molecular weight excluding hydrogens is 300 g/mol. The van der Waals surface area contributed by atoms with E-state index >= 15 is 0 Å². The Hall–Kier alpha value is -1.27. The minimum absolute atomic E-state index is 0.0825. The predicted octanol–water partition coefficient (Wildman–Crippen LogP) is 1.86. The zero-order valence-corrected chi connectivity index (χ0v) is 13.3. The number of halogens is 1. The second kappa shape index (κ2) is 6.45. The fourth-order valence-electron chi connectivity index (χ4n) is 1.49. The van der Waals surface area contributed by atoms with E-state index in [1.54, 1.807) is 0 Å². The minimum atomic E-state index is -3.81. The highest BCUT2D eigenvalue weighted by Gasteiger charge is 2.23. The molecule has 0 aliphatic carbocycles. The van der Waals surface area contributed by atoms with Crippen molar-refractivity contribution in [1.29, 1.82) is 0 Å². The van der Waals surface area contributed by atoms with Crippen LogP contribution >= 0.6 is 11.6 Å². The van der Waals surface area contributed by atoms with Gasteiger partial charge in [0.1, 0.15) is 5.75 Å². The van der Waals surface area contributed by atoms with Crippen molar-refractivity contribution >= 4 is 33.0 Å². The van der Waals surface area contributed by atoms with Gasteiger partial charge in [-0.15, -0.1) is 0 Å². The van der Waals surface area contributed by atoms with Gasteiger partial charge in [0.25, 0.3) is 0 Å². The second-order valence-corrected chi connectivity index (χ2v) is 7.44. The molecule has 112 valence electrons. The molecule has 1 amide bonds. The second-order valence-electron chi connectivity index (χ2n) is 5.04. The molecule has 0 aliphatic rings. The number of sulfone groups is 1. The summed E-state index contributed by atoms with van der Waals surface area (Å²) in [7, 11) is -3.81. The summed E-state index contributed by atoms with van der Waals surface area (Å²) in [5, 5.41) is 2.91. The van der Waals surface area contributed by atoms with Crippen molar-refractivity contribution in [1.82, 2.24) is 5.32 Å². The number of rotatable bonds is 5. The lowest BCUT2D eigenvalue weighted by Crippen LogP contribution is -2.39. The summed E-state index contributed by atoms with van der Waals surface area (Å²) in [6.45, 7) is 5.70. The molecule has 1 aromatic rings. The fraction of sp³-hybridized carbons (Fsp3) is 0.462. The van der Waals surface area contributed by atoms with Crippen molar-refractivity contribution in [2.24, 2.45) is 5.92 Å². The summed E-state index contributed by atoms with van der Waals surface area (Å²) in [6.07, 6.45) is 0. The van der Waals surface area contributed by atoms with Gasteiger partial charge in [-0.25, -0.2) is 8.42 Å². The van der Waals surface area contributed by atoms with Crippen LogP contribution in [0, 0.1) is 5.92 Å². The highest BCUT2D eigenvalue weighted by molar-refractivity contribution is 7.92. The number of nitrogens with one attached hydrogen (secondary N) is 1. The molecule has 0 saturated carbocycles. The molecule has 1 unspecified atom stereocenters. The molecule has 0 aliphatic heterocycles. The Kier molecular flexibility index (Phi) is 5.42. The predicted molar refractivity (Wildman–Crippen MR) is 80.4 cm³/mol. The molecule has 0 saturated heterocycles. The van der Waals surface area contributed by atoms with Crippen molar-refractivity contribution in [3.63, 3.8) is 0 Å². The van der Waals surface area contributed by atoms with Crippen LogP contribution in [0.25, 0.3) is 0 Å². The van der Waals surface area contributed by atoms with Crippen molar-refractivity contribution in [3.8, 4) is 0 Å². The summed E-state index contributed by atoms with van der Waals surface area (Å²) in [5.41, 5.74) is 5.71. The zero-order valence-electron chi connectivity index (χ0n) is 11.7. The van der Waals surface area contributed by atoms with Crippen LogP contribution in [0.3, 0.4) is 0 Å². The molecule has 0 radical (unpaired) electrons. The highest BCUT2D eigenvalue weighted by atomic mass is 35.5.